The summed E-state index contributed by atoms with van der Waals surface area (Å²) in [6.07, 6.45) is 3.57. The van der Waals surface area contributed by atoms with Crippen molar-refractivity contribution in [1.29, 1.82) is 0 Å². The largest absolute Gasteiger partial charge is 0.301 e. The summed E-state index contributed by atoms with van der Waals surface area (Å²) in [4.78, 5) is 30.7. The summed E-state index contributed by atoms with van der Waals surface area (Å²) in [6, 6.07) is 1.39. The van der Waals surface area contributed by atoms with Crippen LogP contribution >= 0.6 is 11.8 Å². The number of Topliss-reactive ketones (excluding diaryl/α,β-unsaturated/α-hetero) is 1. The van der Waals surface area contributed by atoms with E-state index in [1.54, 1.807) is 0 Å². The number of carbonyl (C=O) groups is 1. The average Bonchev–Trinajstić information content (AvgIpc) is 2.63. The van der Waals surface area contributed by atoms with Crippen LogP contribution in [0.2, 0.25) is 0 Å². The molecule has 0 radical (unpaired) electrons. The van der Waals surface area contributed by atoms with Crippen LogP contribution in [0, 0.1) is 16.7 Å². The summed E-state index contributed by atoms with van der Waals surface area (Å²) in [5.41, 5.74) is -0.137. The first kappa shape index (κ1) is 12.9. The fourth-order valence-corrected chi connectivity index (χ4v) is 5.17. The van der Waals surface area contributed by atoms with Crippen molar-refractivity contribution in [3.8, 4) is 0 Å². The topological polar surface area (TPSA) is 62.8 Å². The lowest BCUT2D eigenvalue weighted by molar-refractivity contribution is -0.122. The van der Waals surface area contributed by atoms with Crippen LogP contribution < -0.4 is 5.56 Å². The predicted molar refractivity (Wildman–Crippen MR) is 74.1 cm³/mol. The smallest absolute Gasteiger partial charge is 0.251 e. The Kier molecular flexibility index (Phi) is 2.68. The van der Waals surface area contributed by atoms with Crippen molar-refractivity contribution >= 4 is 17.5 Å². The Balaban J connectivity index is 1.95. The van der Waals surface area contributed by atoms with Crippen LogP contribution in [0.5, 0.6) is 0 Å². The number of ketones is 1. The number of rotatable bonds is 2. The first-order valence-corrected chi connectivity index (χ1v) is 7.50. The monoisotopic (exact) mass is 278 g/mol. The van der Waals surface area contributed by atoms with E-state index in [9.17, 15) is 9.59 Å². The molecule has 1 aromatic heterocycles. The quantitative estimate of drug-likeness (QED) is 0.843. The van der Waals surface area contributed by atoms with Crippen molar-refractivity contribution in [3.05, 3.63) is 22.6 Å². The maximum atomic E-state index is 12.5. The van der Waals surface area contributed by atoms with E-state index >= 15 is 0 Å². The molecular formula is C14H18N2O2S. The molecule has 2 aliphatic rings. The molecule has 0 aliphatic heterocycles. The Bertz CT molecular complexity index is 595. The van der Waals surface area contributed by atoms with E-state index in [1.807, 2.05) is 0 Å². The van der Waals surface area contributed by atoms with E-state index in [0.717, 1.165) is 12.8 Å². The fourth-order valence-electron chi connectivity index (χ4n) is 3.70. The number of thioether (sulfide) groups is 1. The minimum Gasteiger partial charge on any atom is -0.301 e. The van der Waals surface area contributed by atoms with E-state index in [4.69, 9.17) is 0 Å². The molecule has 19 heavy (non-hydrogen) atoms. The second-order valence-corrected chi connectivity index (χ2v) is 7.46. The summed E-state index contributed by atoms with van der Waals surface area (Å²) in [6.45, 7) is 6.60. The number of H-pyrrole nitrogens is 1. The van der Waals surface area contributed by atoms with E-state index in [1.165, 1.54) is 24.0 Å². The van der Waals surface area contributed by atoms with Crippen molar-refractivity contribution in [2.75, 3.05) is 0 Å². The third-order valence-electron chi connectivity index (χ3n) is 5.35. The normalized spacial score (nSPS) is 35.8. The number of fused-ring (bicyclic) bond motifs is 2. The summed E-state index contributed by atoms with van der Waals surface area (Å²) >= 11 is 1.42. The Labute approximate surface area is 116 Å². The first-order valence-electron chi connectivity index (χ1n) is 6.62. The molecule has 0 amide bonds. The number of aromatic amines is 1. The molecule has 3 atom stereocenters. The van der Waals surface area contributed by atoms with E-state index in [0.29, 0.717) is 10.9 Å². The zero-order valence-corrected chi connectivity index (χ0v) is 12.2. The molecule has 0 saturated heterocycles. The van der Waals surface area contributed by atoms with Crippen molar-refractivity contribution < 1.29 is 4.79 Å². The van der Waals surface area contributed by atoms with E-state index in [-0.39, 0.29) is 27.6 Å². The lowest BCUT2D eigenvalue weighted by Crippen LogP contribution is -2.36. The Morgan fingerprint density at radius 3 is 2.68 bits per heavy atom. The molecular weight excluding hydrogens is 260 g/mol. The molecule has 1 N–H and O–H groups in total. The van der Waals surface area contributed by atoms with Gasteiger partial charge in [-0.05, 0) is 23.7 Å². The van der Waals surface area contributed by atoms with Gasteiger partial charge in [0.15, 0.2) is 5.16 Å². The van der Waals surface area contributed by atoms with Gasteiger partial charge >= 0.3 is 0 Å². The van der Waals surface area contributed by atoms with Gasteiger partial charge in [-0.2, -0.15) is 0 Å². The summed E-state index contributed by atoms with van der Waals surface area (Å²) < 4.78 is 0. The van der Waals surface area contributed by atoms with Crippen LogP contribution in [0.3, 0.4) is 0 Å². The molecule has 2 aliphatic carbocycles. The number of nitrogens with one attached hydrogen (secondary N) is 1. The van der Waals surface area contributed by atoms with Gasteiger partial charge in [0.05, 0.1) is 5.25 Å². The molecule has 1 heterocycles. The molecule has 3 rings (SSSR count). The van der Waals surface area contributed by atoms with Crippen LogP contribution in [-0.4, -0.2) is 21.0 Å². The highest BCUT2D eigenvalue weighted by Gasteiger charge is 2.66. The molecule has 2 fully saturated rings. The number of carbonyl (C=O) groups excluding carboxylic acids is 1. The van der Waals surface area contributed by atoms with Crippen LogP contribution in [0.1, 0.15) is 33.6 Å². The first-order chi connectivity index (χ1) is 8.86. The van der Waals surface area contributed by atoms with Gasteiger partial charge in [-0.15, -0.1) is 0 Å². The lowest BCUT2D eigenvalue weighted by atomic mass is 9.71. The minimum absolute atomic E-state index is 0.00613. The zero-order chi connectivity index (χ0) is 13.8. The van der Waals surface area contributed by atoms with Crippen LogP contribution in [0.15, 0.2) is 22.2 Å². The van der Waals surface area contributed by atoms with Crippen LogP contribution in [0.25, 0.3) is 0 Å². The molecule has 2 saturated carbocycles. The number of hydrogen-bond donors (Lipinski definition) is 1. The highest BCUT2D eigenvalue weighted by Crippen LogP contribution is 2.66. The van der Waals surface area contributed by atoms with Crippen molar-refractivity contribution in [2.45, 2.75) is 44.0 Å². The second-order valence-electron chi connectivity index (χ2n) is 6.37. The molecule has 5 heteroatoms. The van der Waals surface area contributed by atoms with Crippen molar-refractivity contribution in [2.24, 2.45) is 16.7 Å². The molecule has 0 aromatic carbocycles. The third-order valence-corrected chi connectivity index (χ3v) is 6.77. The Morgan fingerprint density at radius 2 is 2.11 bits per heavy atom. The SMILES string of the molecule is CC1(C)C2CCC1(C)C(Sc1nccc(=O)[nH]1)C2=O. The van der Waals surface area contributed by atoms with Gasteiger partial charge in [-0.1, -0.05) is 32.5 Å². The predicted octanol–water partition coefficient (Wildman–Crippen LogP) is 2.26. The van der Waals surface area contributed by atoms with Gasteiger partial charge in [0.2, 0.25) is 0 Å². The maximum Gasteiger partial charge on any atom is 0.251 e. The molecule has 4 nitrogen and oxygen atoms in total. The van der Waals surface area contributed by atoms with Gasteiger partial charge < -0.3 is 4.98 Å². The maximum absolute atomic E-state index is 12.5. The van der Waals surface area contributed by atoms with Gasteiger partial charge in [-0.25, -0.2) is 4.98 Å². The molecule has 2 bridgehead atoms. The molecule has 1 aromatic rings. The molecule has 0 spiro atoms. The third kappa shape index (κ3) is 1.64. The van der Waals surface area contributed by atoms with Crippen molar-refractivity contribution in [1.82, 2.24) is 9.97 Å². The summed E-state index contributed by atoms with van der Waals surface area (Å²) in [5.74, 6) is 0.487. The average molecular weight is 278 g/mol. The second kappa shape index (κ2) is 3.95. The standard InChI is InChI=1S/C14H18N2O2S/c1-13(2)8-4-6-14(13,3)11(10(8)18)19-12-15-7-5-9(17)16-12/h5,7-8,11H,4,6H2,1-3H3,(H,15,16,17). The zero-order valence-electron chi connectivity index (χ0n) is 11.4. The lowest BCUT2D eigenvalue weighted by Gasteiger charge is -2.37. The van der Waals surface area contributed by atoms with Crippen molar-refractivity contribution in [3.63, 3.8) is 0 Å². The fraction of sp³-hybridized carbons (Fsp3) is 0.643. The highest BCUT2D eigenvalue weighted by molar-refractivity contribution is 8.00. The summed E-state index contributed by atoms with van der Waals surface area (Å²) in [7, 11) is 0. The number of hydrogen-bond acceptors (Lipinski definition) is 4. The van der Waals surface area contributed by atoms with Crippen LogP contribution in [0.4, 0.5) is 0 Å². The van der Waals surface area contributed by atoms with E-state index in [2.05, 4.69) is 30.7 Å². The van der Waals surface area contributed by atoms with Gasteiger partial charge in [0, 0.05) is 18.2 Å². The Hall–Kier alpha value is -1.10. The number of aromatic nitrogens is 2. The van der Waals surface area contributed by atoms with E-state index < -0.39 is 0 Å². The van der Waals surface area contributed by atoms with Gasteiger partial charge in [-0.3, -0.25) is 9.59 Å². The molecule has 102 valence electrons. The highest BCUT2D eigenvalue weighted by atomic mass is 32.2. The number of nitrogens with zero attached hydrogens (tertiary/aromatic N) is 1. The van der Waals surface area contributed by atoms with Gasteiger partial charge in [0.1, 0.15) is 5.78 Å². The Morgan fingerprint density at radius 1 is 1.37 bits per heavy atom. The van der Waals surface area contributed by atoms with Gasteiger partial charge in [0.25, 0.3) is 5.56 Å². The summed E-state index contributed by atoms with van der Waals surface area (Å²) in [5, 5.41) is 0.460. The molecule has 3 unspecified atom stereocenters. The van der Waals surface area contributed by atoms with Crippen LogP contribution in [-0.2, 0) is 4.79 Å². The minimum atomic E-state index is -0.169.